The van der Waals surface area contributed by atoms with Gasteiger partial charge in [-0.05, 0) is 43.2 Å². The number of hydrogen-bond acceptors (Lipinski definition) is 3. The van der Waals surface area contributed by atoms with Gasteiger partial charge in [0.25, 0.3) is 0 Å². The lowest BCUT2D eigenvalue weighted by Crippen LogP contribution is -2.26. The summed E-state index contributed by atoms with van der Waals surface area (Å²) in [6, 6.07) is 6.89. The molecule has 0 radical (unpaired) electrons. The van der Waals surface area contributed by atoms with Crippen molar-refractivity contribution >= 4 is 0 Å². The van der Waals surface area contributed by atoms with Crippen molar-refractivity contribution in [2.45, 2.75) is 52.0 Å². The van der Waals surface area contributed by atoms with Crippen LogP contribution in [-0.4, -0.2) is 24.9 Å². The summed E-state index contributed by atoms with van der Waals surface area (Å²) < 4.78 is 6.05. The number of rotatable bonds is 6. The van der Waals surface area contributed by atoms with Gasteiger partial charge in [0.15, 0.2) is 0 Å². The van der Waals surface area contributed by atoms with Crippen molar-refractivity contribution < 1.29 is 9.84 Å². The molecule has 3 heteroatoms. The second-order valence-corrected chi connectivity index (χ2v) is 6.49. The summed E-state index contributed by atoms with van der Waals surface area (Å²) in [6.45, 7) is 8.63. The third kappa shape index (κ3) is 4.21. The van der Waals surface area contributed by atoms with Crippen molar-refractivity contribution in [1.29, 1.82) is 0 Å². The molecule has 1 aliphatic rings. The third-order valence-electron chi connectivity index (χ3n) is 4.29. The van der Waals surface area contributed by atoms with Gasteiger partial charge in [0, 0.05) is 18.2 Å². The molecule has 118 valence electrons. The van der Waals surface area contributed by atoms with E-state index in [4.69, 9.17) is 9.84 Å². The van der Waals surface area contributed by atoms with Crippen LogP contribution in [0.15, 0.2) is 18.2 Å². The molecule has 0 aliphatic carbocycles. The van der Waals surface area contributed by atoms with Gasteiger partial charge in [-0.3, -0.25) is 0 Å². The molecule has 2 rings (SSSR count). The molecule has 21 heavy (non-hydrogen) atoms. The molecule has 0 saturated carbocycles. The predicted octanol–water partition coefficient (Wildman–Crippen LogP) is 3.63. The van der Waals surface area contributed by atoms with Gasteiger partial charge < -0.3 is 15.2 Å². The Balaban J connectivity index is 2.16. The van der Waals surface area contributed by atoms with Crippen LogP contribution in [0.25, 0.3) is 0 Å². The maximum absolute atomic E-state index is 9.03. The fourth-order valence-corrected chi connectivity index (χ4v) is 2.96. The summed E-state index contributed by atoms with van der Waals surface area (Å²) in [6.07, 6.45) is 3.05. The average molecular weight is 291 g/mol. The molecule has 2 N–H and O–H groups in total. The fraction of sp³-hybridized carbons (Fsp3) is 0.667. The third-order valence-corrected chi connectivity index (χ3v) is 4.29. The Kier molecular flexibility index (Phi) is 6.07. The summed E-state index contributed by atoms with van der Waals surface area (Å²) in [5.41, 5.74) is 2.61. The Bertz CT molecular complexity index is 445. The molecule has 0 aromatic heterocycles. The highest BCUT2D eigenvalue weighted by atomic mass is 16.5. The molecule has 1 heterocycles. The molecule has 0 bridgehead atoms. The van der Waals surface area contributed by atoms with E-state index >= 15 is 0 Å². The van der Waals surface area contributed by atoms with Crippen LogP contribution in [0, 0.1) is 5.92 Å². The van der Waals surface area contributed by atoms with E-state index in [1.54, 1.807) is 0 Å². The van der Waals surface area contributed by atoms with Crippen molar-refractivity contribution in [2.75, 3.05) is 19.8 Å². The van der Waals surface area contributed by atoms with Crippen LogP contribution in [-0.2, 0) is 0 Å². The summed E-state index contributed by atoms with van der Waals surface area (Å²) in [5, 5.41) is 12.7. The largest absolute Gasteiger partial charge is 0.493 e. The first-order valence-electron chi connectivity index (χ1n) is 8.23. The minimum absolute atomic E-state index is 0.269. The van der Waals surface area contributed by atoms with Crippen LogP contribution in [0.2, 0.25) is 0 Å². The number of benzene rings is 1. The van der Waals surface area contributed by atoms with Gasteiger partial charge in [-0.15, -0.1) is 0 Å². The zero-order valence-corrected chi connectivity index (χ0v) is 13.6. The molecule has 1 aliphatic heterocycles. The first-order valence-corrected chi connectivity index (χ1v) is 8.23. The molecular formula is C18H29NO2. The highest BCUT2D eigenvalue weighted by Crippen LogP contribution is 2.37. The van der Waals surface area contributed by atoms with Crippen LogP contribution < -0.4 is 10.1 Å². The number of ether oxygens (including phenoxy) is 1. The number of para-hydroxylation sites is 1. The van der Waals surface area contributed by atoms with Crippen LogP contribution >= 0.6 is 0 Å². The molecule has 1 aromatic rings. The minimum atomic E-state index is 0.269. The number of hydrogen-bond donors (Lipinski definition) is 2. The van der Waals surface area contributed by atoms with Crippen molar-refractivity contribution in [2.24, 2.45) is 5.92 Å². The zero-order valence-electron chi connectivity index (χ0n) is 13.6. The number of aliphatic hydroxyl groups excluding tert-OH is 1. The topological polar surface area (TPSA) is 41.5 Å². The molecule has 0 fully saturated rings. The Labute approximate surface area is 128 Å². The highest BCUT2D eigenvalue weighted by Gasteiger charge is 2.22. The summed E-state index contributed by atoms with van der Waals surface area (Å²) in [5.74, 6) is 2.07. The van der Waals surface area contributed by atoms with Crippen molar-refractivity contribution in [3.63, 3.8) is 0 Å². The van der Waals surface area contributed by atoms with E-state index in [9.17, 15) is 0 Å². The van der Waals surface area contributed by atoms with Gasteiger partial charge in [-0.1, -0.05) is 39.0 Å². The molecule has 2 unspecified atom stereocenters. The van der Waals surface area contributed by atoms with E-state index in [0.29, 0.717) is 17.9 Å². The molecule has 0 saturated heterocycles. The monoisotopic (exact) mass is 291 g/mol. The van der Waals surface area contributed by atoms with Crippen LogP contribution in [0.5, 0.6) is 5.75 Å². The number of nitrogens with one attached hydrogen (secondary N) is 1. The maximum atomic E-state index is 9.03. The Morgan fingerprint density at radius 1 is 1.33 bits per heavy atom. The van der Waals surface area contributed by atoms with Crippen molar-refractivity contribution in [3.05, 3.63) is 29.3 Å². The Hall–Kier alpha value is -1.06. The van der Waals surface area contributed by atoms with E-state index < -0.39 is 0 Å². The van der Waals surface area contributed by atoms with Gasteiger partial charge in [-0.25, -0.2) is 0 Å². The van der Waals surface area contributed by atoms with Gasteiger partial charge >= 0.3 is 0 Å². The quantitative estimate of drug-likeness (QED) is 0.841. The van der Waals surface area contributed by atoms with Gasteiger partial charge in [-0.2, -0.15) is 0 Å². The predicted molar refractivity (Wildman–Crippen MR) is 86.9 cm³/mol. The molecule has 1 aromatic carbocycles. The molecule has 0 spiro atoms. The maximum Gasteiger partial charge on any atom is 0.127 e. The highest BCUT2D eigenvalue weighted by molar-refractivity contribution is 5.45. The van der Waals surface area contributed by atoms with Gasteiger partial charge in [0.1, 0.15) is 5.75 Å². The smallest absolute Gasteiger partial charge is 0.127 e. The number of aliphatic hydroxyl groups is 1. The van der Waals surface area contributed by atoms with Gasteiger partial charge in [0.05, 0.1) is 6.61 Å². The molecular weight excluding hydrogens is 262 g/mol. The van der Waals surface area contributed by atoms with Crippen molar-refractivity contribution in [3.8, 4) is 5.75 Å². The summed E-state index contributed by atoms with van der Waals surface area (Å²) in [7, 11) is 0. The standard InChI is InChI=1S/C18H29NO2/c1-13(2)15-6-4-7-16-17(8-5-11-21-18(15)16)19-12-14(3)9-10-20/h4,6-7,13-14,17,19-20H,5,8-12H2,1-3H3. The lowest BCUT2D eigenvalue weighted by atomic mass is 9.94. The normalized spacial score (nSPS) is 19.8. The number of fused-ring (bicyclic) bond motifs is 1. The van der Waals surface area contributed by atoms with E-state index in [1.807, 2.05) is 0 Å². The van der Waals surface area contributed by atoms with E-state index in [0.717, 1.165) is 38.2 Å². The second kappa shape index (κ2) is 7.81. The van der Waals surface area contributed by atoms with E-state index in [2.05, 4.69) is 44.3 Å². The van der Waals surface area contributed by atoms with Crippen LogP contribution in [0.3, 0.4) is 0 Å². The lowest BCUT2D eigenvalue weighted by molar-refractivity contribution is 0.257. The first kappa shape index (κ1) is 16.3. The van der Waals surface area contributed by atoms with E-state index in [1.165, 1.54) is 11.1 Å². The SMILES string of the molecule is CC(CCO)CNC1CCCOc2c(C(C)C)cccc21. The molecule has 3 nitrogen and oxygen atoms in total. The van der Waals surface area contributed by atoms with Crippen molar-refractivity contribution in [1.82, 2.24) is 5.32 Å². The lowest BCUT2D eigenvalue weighted by Gasteiger charge is -2.22. The molecule has 2 atom stereocenters. The van der Waals surface area contributed by atoms with Gasteiger partial charge in [0.2, 0.25) is 0 Å². The second-order valence-electron chi connectivity index (χ2n) is 6.49. The average Bonchev–Trinajstić information content (AvgIpc) is 2.67. The first-order chi connectivity index (χ1) is 10.1. The Morgan fingerprint density at radius 2 is 2.14 bits per heavy atom. The van der Waals surface area contributed by atoms with E-state index in [-0.39, 0.29) is 6.61 Å². The Morgan fingerprint density at radius 3 is 2.86 bits per heavy atom. The molecule has 0 amide bonds. The summed E-state index contributed by atoms with van der Waals surface area (Å²) in [4.78, 5) is 0. The minimum Gasteiger partial charge on any atom is -0.493 e. The summed E-state index contributed by atoms with van der Waals surface area (Å²) >= 11 is 0. The van der Waals surface area contributed by atoms with Crippen LogP contribution in [0.1, 0.15) is 63.1 Å². The van der Waals surface area contributed by atoms with Crippen LogP contribution in [0.4, 0.5) is 0 Å². The zero-order chi connectivity index (χ0) is 15.2. The fourth-order valence-electron chi connectivity index (χ4n) is 2.96.